The van der Waals surface area contributed by atoms with Crippen LogP contribution in [0.25, 0.3) is 11.3 Å². The molecule has 1 saturated heterocycles. The van der Waals surface area contributed by atoms with E-state index in [4.69, 9.17) is 9.47 Å². The van der Waals surface area contributed by atoms with Gasteiger partial charge in [-0.1, -0.05) is 18.2 Å². The molecule has 4 heterocycles. The number of urea groups is 1. The topological polar surface area (TPSA) is 79.8 Å². The van der Waals surface area contributed by atoms with Crippen molar-refractivity contribution in [1.82, 2.24) is 14.9 Å². The van der Waals surface area contributed by atoms with Gasteiger partial charge in [-0.3, -0.25) is 15.1 Å². The van der Waals surface area contributed by atoms with Crippen molar-refractivity contribution < 1.29 is 27.4 Å². The summed E-state index contributed by atoms with van der Waals surface area (Å²) in [5, 5.41) is 2.81. The van der Waals surface area contributed by atoms with Gasteiger partial charge >= 0.3 is 12.2 Å². The average Bonchev–Trinajstić information content (AvgIpc) is 2.88. The minimum Gasteiger partial charge on any atom is -0.488 e. The number of hydrogen-bond donors (Lipinski definition) is 1. The second-order valence-electron chi connectivity index (χ2n) is 8.43. The summed E-state index contributed by atoms with van der Waals surface area (Å²) in [5.74, 6) is 1.01. The molecule has 0 bridgehead atoms. The number of carbonyl (C=O) groups excluding carboxylic acids is 1. The van der Waals surface area contributed by atoms with E-state index in [-0.39, 0.29) is 24.5 Å². The standard InChI is InChI=1S/C25H24F3N5O3/c26-25(27,28)18-4-1-3-17(15-18)20-7-8-21-23(30-20)33(11-14-36-21)24(34)31-22-6-2-5-19(29-22)16-32-9-12-35-13-10-32/h1-8,15H,9-14,16H2,(H,29,31,34). The van der Waals surface area contributed by atoms with Gasteiger partial charge in [-0.25, -0.2) is 14.8 Å². The van der Waals surface area contributed by atoms with Crippen molar-refractivity contribution in [3.05, 3.63) is 65.9 Å². The molecule has 0 radical (unpaired) electrons. The van der Waals surface area contributed by atoms with Crippen molar-refractivity contribution >= 4 is 17.7 Å². The minimum atomic E-state index is -4.47. The number of aromatic nitrogens is 2. The van der Waals surface area contributed by atoms with E-state index in [0.717, 1.165) is 30.9 Å². The molecule has 2 aliphatic heterocycles. The molecule has 0 atom stereocenters. The second-order valence-corrected chi connectivity index (χ2v) is 8.43. The Kier molecular flexibility index (Phi) is 6.75. The van der Waals surface area contributed by atoms with E-state index in [9.17, 15) is 18.0 Å². The number of halogens is 3. The highest BCUT2D eigenvalue weighted by Gasteiger charge is 2.31. The zero-order valence-corrected chi connectivity index (χ0v) is 19.3. The summed E-state index contributed by atoms with van der Waals surface area (Å²) < 4.78 is 50.5. The molecule has 0 aliphatic carbocycles. The molecule has 36 heavy (non-hydrogen) atoms. The molecule has 8 nitrogen and oxygen atoms in total. The van der Waals surface area contributed by atoms with E-state index in [1.165, 1.54) is 11.0 Å². The molecule has 1 aromatic carbocycles. The zero-order valence-electron chi connectivity index (χ0n) is 19.3. The first kappa shape index (κ1) is 24.0. The molecule has 188 valence electrons. The van der Waals surface area contributed by atoms with Crippen LogP contribution in [-0.2, 0) is 17.5 Å². The van der Waals surface area contributed by atoms with Crippen LogP contribution in [-0.4, -0.2) is 60.4 Å². The highest BCUT2D eigenvalue weighted by Crippen LogP contribution is 2.35. The summed E-state index contributed by atoms with van der Waals surface area (Å²) in [6.45, 7) is 4.15. The van der Waals surface area contributed by atoms with Crippen molar-refractivity contribution in [2.24, 2.45) is 0 Å². The summed E-state index contributed by atoms with van der Waals surface area (Å²) in [5.41, 5.74) is 0.639. The third kappa shape index (κ3) is 5.42. The Morgan fingerprint density at radius 2 is 1.78 bits per heavy atom. The number of carbonyl (C=O) groups is 1. The molecule has 1 fully saturated rings. The summed E-state index contributed by atoms with van der Waals surface area (Å²) in [4.78, 5) is 25.8. The molecule has 11 heteroatoms. The SMILES string of the molecule is O=C(Nc1cccc(CN2CCOCC2)n1)N1CCOc2ccc(-c3cccc(C(F)(F)F)c3)nc21. The van der Waals surface area contributed by atoms with E-state index in [1.807, 2.05) is 12.1 Å². The van der Waals surface area contributed by atoms with Crippen LogP contribution < -0.4 is 15.0 Å². The fraction of sp³-hybridized carbons (Fsp3) is 0.320. The quantitative estimate of drug-likeness (QED) is 0.573. The molecular formula is C25H24F3N5O3. The first-order valence-electron chi connectivity index (χ1n) is 11.5. The van der Waals surface area contributed by atoms with Crippen LogP contribution in [0.3, 0.4) is 0 Å². The van der Waals surface area contributed by atoms with Crippen LogP contribution in [0.5, 0.6) is 5.75 Å². The Hall–Kier alpha value is -3.70. The summed E-state index contributed by atoms with van der Waals surface area (Å²) >= 11 is 0. The van der Waals surface area contributed by atoms with Crippen molar-refractivity contribution in [1.29, 1.82) is 0 Å². The molecule has 5 rings (SSSR count). The molecule has 2 aliphatic rings. The first-order valence-corrected chi connectivity index (χ1v) is 11.5. The van der Waals surface area contributed by atoms with Crippen molar-refractivity contribution in [2.75, 3.05) is 49.7 Å². The Morgan fingerprint density at radius 3 is 2.58 bits per heavy atom. The van der Waals surface area contributed by atoms with E-state index < -0.39 is 17.8 Å². The number of ether oxygens (including phenoxy) is 2. The number of morpholine rings is 1. The Bertz CT molecular complexity index is 1250. The zero-order chi connectivity index (χ0) is 25.1. The van der Waals surface area contributed by atoms with Crippen LogP contribution in [0.1, 0.15) is 11.3 Å². The van der Waals surface area contributed by atoms with Gasteiger partial charge in [-0.05, 0) is 36.4 Å². The molecule has 2 aromatic heterocycles. The van der Waals surface area contributed by atoms with Gasteiger partial charge in [0.2, 0.25) is 0 Å². The maximum atomic E-state index is 13.2. The lowest BCUT2D eigenvalue weighted by molar-refractivity contribution is -0.137. The molecule has 0 unspecified atom stereocenters. The fourth-order valence-electron chi connectivity index (χ4n) is 4.11. The third-order valence-electron chi connectivity index (χ3n) is 5.93. The number of fused-ring (bicyclic) bond motifs is 1. The van der Waals surface area contributed by atoms with Crippen LogP contribution >= 0.6 is 0 Å². The van der Waals surface area contributed by atoms with Gasteiger partial charge < -0.3 is 9.47 Å². The Balaban J connectivity index is 1.35. The van der Waals surface area contributed by atoms with Crippen LogP contribution in [0.4, 0.5) is 29.6 Å². The number of benzene rings is 1. The number of amides is 2. The summed E-state index contributed by atoms with van der Waals surface area (Å²) in [6, 6.07) is 13.1. The number of anilines is 2. The summed E-state index contributed by atoms with van der Waals surface area (Å²) in [7, 11) is 0. The highest BCUT2D eigenvalue weighted by molar-refractivity contribution is 6.01. The van der Waals surface area contributed by atoms with Gasteiger partial charge in [0, 0.05) is 25.2 Å². The lowest BCUT2D eigenvalue weighted by atomic mass is 10.1. The lowest BCUT2D eigenvalue weighted by Gasteiger charge is -2.29. The van der Waals surface area contributed by atoms with Gasteiger partial charge in [0.1, 0.15) is 12.4 Å². The van der Waals surface area contributed by atoms with Gasteiger partial charge in [0.25, 0.3) is 0 Å². The number of nitrogens with zero attached hydrogens (tertiary/aromatic N) is 4. The average molecular weight is 499 g/mol. The molecule has 0 saturated carbocycles. The molecule has 2 amide bonds. The molecule has 1 N–H and O–H groups in total. The third-order valence-corrected chi connectivity index (χ3v) is 5.93. The van der Waals surface area contributed by atoms with Gasteiger partial charge in [-0.2, -0.15) is 13.2 Å². The lowest BCUT2D eigenvalue weighted by Crippen LogP contribution is -2.41. The minimum absolute atomic E-state index is 0.228. The van der Waals surface area contributed by atoms with Gasteiger partial charge in [0.15, 0.2) is 11.6 Å². The largest absolute Gasteiger partial charge is 0.488 e. The van der Waals surface area contributed by atoms with Crippen molar-refractivity contribution in [3.63, 3.8) is 0 Å². The second kappa shape index (κ2) is 10.1. The summed E-state index contributed by atoms with van der Waals surface area (Å²) in [6.07, 6.45) is -4.47. The predicted molar refractivity (Wildman–Crippen MR) is 127 cm³/mol. The number of hydrogen-bond acceptors (Lipinski definition) is 6. The number of alkyl halides is 3. The predicted octanol–water partition coefficient (Wildman–Crippen LogP) is 4.43. The van der Waals surface area contributed by atoms with E-state index in [0.29, 0.717) is 37.0 Å². The monoisotopic (exact) mass is 499 g/mol. The van der Waals surface area contributed by atoms with Crippen LogP contribution in [0, 0.1) is 0 Å². The normalized spacial score (nSPS) is 16.2. The van der Waals surface area contributed by atoms with Crippen LogP contribution in [0.2, 0.25) is 0 Å². The van der Waals surface area contributed by atoms with Crippen molar-refractivity contribution in [2.45, 2.75) is 12.7 Å². The van der Waals surface area contributed by atoms with Gasteiger partial charge in [0.05, 0.1) is 36.7 Å². The molecule has 3 aromatic rings. The van der Waals surface area contributed by atoms with Crippen LogP contribution in [0.15, 0.2) is 54.6 Å². The Labute approximate surface area is 205 Å². The molecule has 0 spiro atoms. The Morgan fingerprint density at radius 1 is 0.972 bits per heavy atom. The molecular weight excluding hydrogens is 475 g/mol. The van der Waals surface area contributed by atoms with E-state index in [2.05, 4.69) is 20.2 Å². The first-order chi connectivity index (χ1) is 17.4. The maximum absolute atomic E-state index is 13.2. The highest BCUT2D eigenvalue weighted by atomic mass is 19.4. The smallest absolute Gasteiger partial charge is 0.416 e. The fourth-order valence-corrected chi connectivity index (χ4v) is 4.11. The maximum Gasteiger partial charge on any atom is 0.416 e. The van der Waals surface area contributed by atoms with Crippen molar-refractivity contribution in [3.8, 4) is 17.0 Å². The number of nitrogens with one attached hydrogen (secondary N) is 1. The number of rotatable bonds is 4. The van der Waals surface area contributed by atoms with E-state index in [1.54, 1.807) is 24.3 Å². The van der Waals surface area contributed by atoms with E-state index >= 15 is 0 Å². The number of pyridine rings is 2. The van der Waals surface area contributed by atoms with Gasteiger partial charge in [-0.15, -0.1) is 0 Å².